The van der Waals surface area contributed by atoms with Crippen molar-refractivity contribution in [3.05, 3.63) is 30.0 Å². The topological polar surface area (TPSA) is 59.7 Å². The van der Waals surface area contributed by atoms with Crippen LogP contribution in [0.3, 0.4) is 0 Å². The summed E-state index contributed by atoms with van der Waals surface area (Å²) in [5.41, 5.74) is 0.516. The number of rotatable bonds is 2. The van der Waals surface area contributed by atoms with E-state index in [9.17, 15) is 4.79 Å². The minimum absolute atomic E-state index is 0.0618. The zero-order valence-corrected chi connectivity index (χ0v) is 9.48. The molecule has 0 saturated heterocycles. The van der Waals surface area contributed by atoms with E-state index in [-0.39, 0.29) is 5.76 Å². The van der Waals surface area contributed by atoms with Crippen LogP contribution >= 0.6 is 0 Å². The summed E-state index contributed by atoms with van der Waals surface area (Å²) >= 11 is 0. The van der Waals surface area contributed by atoms with Gasteiger partial charge in [0.15, 0.2) is 0 Å². The number of hydrogen-bond acceptors (Lipinski definition) is 3. The maximum Gasteiger partial charge on any atom is 0.371 e. The molecule has 0 aliphatic carbocycles. The number of benzene rings is 1. The summed E-state index contributed by atoms with van der Waals surface area (Å²) in [6.07, 6.45) is 0. The molecule has 0 amide bonds. The molecule has 0 fully saturated rings. The zero-order chi connectivity index (χ0) is 12.1. The minimum Gasteiger partial charge on any atom is -0.497 e. The quantitative estimate of drug-likeness (QED) is 0.847. The van der Waals surface area contributed by atoms with E-state index < -0.39 is 5.97 Å². The molecule has 1 aromatic heterocycles. The Balaban J connectivity index is 0.000000606. The lowest BCUT2D eigenvalue weighted by atomic mass is 10.2. The van der Waals surface area contributed by atoms with Crippen molar-refractivity contribution in [2.75, 3.05) is 7.11 Å². The molecule has 86 valence electrons. The Hall–Kier alpha value is -1.97. The SMILES string of the molecule is CC.COc1ccc2cc(C(=O)O)oc2c1. The number of carbonyl (C=O) groups is 1. The molecule has 0 spiro atoms. The van der Waals surface area contributed by atoms with E-state index in [2.05, 4.69) is 0 Å². The molecule has 0 aliphatic heterocycles. The number of hydrogen-bond donors (Lipinski definition) is 1. The lowest BCUT2D eigenvalue weighted by Gasteiger charge is -1.96. The molecule has 4 nitrogen and oxygen atoms in total. The van der Waals surface area contributed by atoms with E-state index in [1.165, 1.54) is 6.07 Å². The Labute approximate surface area is 93.4 Å². The highest BCUT2D eigenvalue weighted by Crippen LogP contribution is 2.23. The van der Waals surface area contributed by atoms with E-state index >= 15 is 0 Å². The Bertz CT molecular complexity index is 485. The molecule has 0 unspecified atom stereocenters. The van der Waals surface area contributed by atoms with Gasteiger partial charge in [0.25, 0.3) is 0 Å². The van der Waals surface area contributed by atoms with Crippen LogP contribution in [0.15, 0.2) is 28.7 Å². The number of furan rings is 1. The first kappa shape index (κ1) is 12.1. The van der Waals surface area contributed by atoms with Crippen LogP contribution in [0, 0.1) is 0 Å². The highest BCUT2D eigenvalue weighted by Gasteiger charge is 2.10. The zero-order valence-electron chi connectivity index (χ0n) is 9.48. The second-order valence-corrected chi connectivity index (χ2v) is 2.82. The third-order valence-electron chi connectivity index (χ3n) is 1.94. The van der Waals surface area contributed by atoms with Gasteiger partial charge in [-0.25, -0.2) is 4.79 Å². The molecular weight excluding hydrogens is 208 g/mol. The molecule has 2 rings (SSSR count). The number of ether oxygens (including phenoxy) is 1. The van der Waals surface area contributed by atoms with Gasteiger partial charge in [0.05, 0.1) is 7.11 Å². The fourth-order valence-electron chi connectivity index (χ4n) is 1.24. The van der Waals surface area contributed by atoms with Crippen molar-refractivity contribution < 1.29 is 19.1 Å². The third kappa shape index (κ3) is 2.34. The molecular formula is C12H14O4. The van der Waals surface area contributed by atoms with Crippen LogP contribution in [0.5, 0.6) is 5.75 Å². The van der Waals surface area contributed by atoms with Crippen molar-refractivity contribution in [3.63, 3.8) is 0 Å². The average molecular weight is 222 g/mol. The smallest absolute Gasteiger partial charge is 0.371 e. The van der Waals surface area contributed by atoms with Crippen LogP contribution in [-0.2, 0) is 0 Å². The van der Waals surface area contributed by atoms with E-state index in [1.54, 1.807) is 25.3 Å². The van der Waals surface area contributed by atoms with Crippen LogP contribution in [0.2, 0.25) is 0 Å². The van der Waals surface area contributed by atoms with E-state index in [1.807, 2.05) is 13.8 Å². The first-order chi connectivity index (χ1) is 7.70. The predicted molar refractivity (Wildman–Crippen MR) is 61.1 cm³/mol. The molecule has 16 heavy (non-hydrogen) atoms. The Morgan fingerprint density at radius 3 is 2.56 bits per heavy atom. The predicted octanol–water partition coefficient (Wildman–Crippen LogP) is 3.17. The largest absolute Gasteiger partial charge is 0.497 e. The summed E-state index contributed by atoms with van der Waals surface area (Å²) in [4.78, 5) is 10.6. The average Bonchev–Trinajstić information content (AvgIpc) is 2.74. The van der Waals surface area contributed by atoms with Gasteiger partial charge < -0.3 is 14.3 Å². The van der Waals surface area contributed by atoms with Crippen LogP contribution in [0.1, 0.15) is 24.4 Å². The lowest BCUT2D eigenvalue weighted by molar-refractivity contribution is 0.0665. The van der Waals surface area contributed by atoms with Gasteiger partial charge in [0, 0.05) is 11.5 Å². The molecule has 0 saturated carbocycles. The maximum atomic E-state index is 10.6. The number of aromatic carboxylic acids is 1. The molecule has 1 aromatic carbocycles. The molecule has 0 aliphatic rings. The molecule has 0 bridgehead atoms. The van der Waals surface area contributed by atoms with Gasteiger partial charge in [-0.3, -0.25) is 0 Å². The second-order valence-electron chi connectivity index (χ2n) is 2.82. The lowest BCUT2D eigenvalue weighted by Crippen LogP contribution is -1.91. The molecule has 2 aromatic rings. The Morgan fingerprint density at radius 1 is 1.31 bits per heavy atom. The van der Waals surface area contributed by atoms with Gasteiger partial charge in [-0.05, 0) is 18.2 Å². The highest BCUT2D eigenvalue weighted by atomic mass is 16.5. The van der Waals surface area contributed by atoms with E-state index in [4.69, 9.17) is 14.3 Å². The monoisotopic (exact) mass is 222 g/mol. The van der Waals surface area contributed by atoms with Gasteiger partial charge in [-0.1, -0.05) is 13.8 Å². The van der Waals surface area contributed by atoms with Crippen LogP contribution in [0.25, 0.3) is 11.0 Å². The summed E-state index contributed by atoms with van der Waals surface area (Å²) in [5.74, 6) is -0.489. The maximum absolute atomic E-state index is 10.6. The number of carboxylic acids is 1. The molecule has 4 heteroatoms. The van der Waals surface area contributed by atoms with E-state index in [0.717, 1.165) is 5.39 Å². The Kier molecular flexibility index (Phi) is 3.94. The summed E-state index contributed by atoms with van der Waals surface area (Å²) in [6, 6.07) is 6.65. The normalized spacial score (nSPS) is 9.44. The van der Waals surface area contributed by atoms with Crippen molar-refractivity contribution in [2.24, 2.45) is 0 Å². The number of fused-ring (bicyclic) bond motifs is 1. The molecule has 1 N–H and O–H groups in total. The van der Waals surface area contributed by atoms with Gasteiger partial charge in [-0.15, -0.1) is 0 Å². The van der Waals surface area contributed by atoms with Crippen molar-refractivity contribution in [1.82, 2.24) is 0 Å². The van der Waals surface area contributed by atoms with E-state index in [0.29, 0.717) is 11.3 Å². The highest BCUT2D eigenvalue weighted by molar-refractivity contribution is 5.91. The van der Waals surface area contributed by atoms with Crippen molar-refractivity contribution in [2.45, 2.75) is 13.8 Å². The molecule has 0 atom stereocenters. The summed E-state index contributed by atoms with van der Waals surface area (Å²) in [5, 5.41) is 9.44. The van der Waals surface area contributed by atoms with Crippen molar-refractivity contribution >= 4 is 16.9 Å². The minimum atomic E-state index is -1.07. The van der Waals surface area contributed by atoms with Crippen LogP contribution in [0.4, 0.5) is 0 Å². The van der Waals surface area contributed by atoms with Gasteiger partial charge in [0.1, 0.15) is 11.3 Å². The molecule has 0 radical (unpaired) electrons. The molecule has 1 heterocycles. The van der Waals surface area contributed by atoms with Gasteiger partial charge >= 0.3 is 5.97 Å². The van der Waals surface area contributed by atoms with Crippen molar-refractivity contribution in [3.8, 4) is 5.75 Å². The fraction of sp³-hybridized carbons (Fsp3) is 0.250. The second kappa shape index (κ2) is 5.21. The first-order valence-electron chi connectivity index (χ1n) is 5.01. The Morgan fingerprint density at radius 2 is 2.00 bits per heavy atom. The number of carboxylic acid groups (broad SMARTS) is 1. The number of methoxy groups -OCH3 is 1. The fourth-order valence-corrected chi connectivity index (χ4v) is 1.24. The van der Waals surface area contributed by atoms with Crippen LogP contribution in [-0.4, -0.2) is 18.2 Å². The third-order valence-corrected chi connectivity index (χ3v) is 1.94. The first-order valence-corrected chi connectivity index (χ1v) is 5.01. The van der Waals surface area contributed by atoms with Gasteiger partial charge in [0.2, 0.25) is 5.76 Å². The van der Waals surface area contributed by atoms with Crippen molar-refractivity contribution in [1.29, 1.82) is 0 Å². The summed E-state index contributed by atoms with van der Waals surface area (Å²) in [6.45, 7) is 4.00. The summed E-state index contributed by atoms with van der Waals surface area (Å²) in [7, 11) is 1.54. The summed E-state index contributed by atoms with van der Waals surface area (Å²) < 4.78 is 10.1. The van der Waals surface area contributed by atoms with Gasteiger partial charge in [-0.2, -0.15) is 0 Å². The van der Waals surface area contributed by atoms with Crippen LogP contribution < -0.4 is 4.74 Å². The standard InChI is InChI=1S/C10H8O4.C2H6/c1-13-7-3-2-6-4-9(10(11)12)14-8(6)5-7;1-2/h2-5H,1H3,(H,11,12);1-2H3.